The van der Waals surface area contributed by atoms with Gasteiger partial charge in [0.1, 0.15) is 11.4 Å². The maximum Gasteiger partial charge on any atom is 0.323 e. The Kier molecular flexibility index (Phi) is 6.11. The molecule has 0 aliphatic rings. The van der Waals surface area contributed by atoms with Crippen LogP contribution in [-0.4, -0.2) is 29.1 Å². The number of nitrogens with one attached hydrogen (secondary N) is 2. The normalized spacial score (nSPS) is 11.2. The SMILES string of the molecule is CCC(CC)(NCC(=O)Nc1ccc(F)cc1Cl)C(=O)O. The van der Waals surface area contributed by atoms with Gasteiger partial charge in [0.05, 0.1) is 17.3 Å². The summed E-state index contributed by atoms with van der Waals surface area (Å²) in [6.07, 6.45) is 0.701. The monoisotopic (exact) mass is 316 g/mol. The quantitative estimate of drug-likeness (QED) is 0.722. The Morgan fingerprint density at radius 3 is 2.43 bits per heavy atom. The Morgan fingerprint density at radius 1 is 1.33 bits per heavy atom. The smallest absolute Gasteiger partial charge is 0.323 e. The topological polar surface area (TPSA) is 78.4 Å². The number of anilines is 1. The van der Waals surface area contributed by atoms with Gasteiger partial charge in [-0.3, -0.25) is 14.9 Å². The van der Waals surface area contributed by atoms with Crippen molar-refractivity contribution in [2.75, 3.05) is 11.9 Å². The summed E-state index contributed by atoms with van der Waals surface area (Å²) < 4.78 is 12.9. The third-order valence-electron chi connectivity index (χ3n) is 3.41. The van der Waals surface area contributed by atoms with E-state index in [1.807, 2.05) is 0 Å². The lowest BCUT2D eigenvalue weighted by atomic mass is 9.93. The van der Waals surface area contributed by atoms with Crippen LogP contribution >= 0.6 is 11.6 Å². The molecule has 0 spiro atoms. The van der Waals surface area contributed by atoms with Crippen molar-refractivity contribution < 1.29 is 19.1 Å². The van der Waals surface area contributed by atoms with Crippen LogP contribution < -0.4 is 10.6 Å². The summed E-state index contributed by atoms with van der Waals surface area (Å²) in [5.74, 6) is -1.95. The van der Waals surface area contributed by atoms with Crippen molar-refractivity contribution >= 4 is 29.2 Å². The Morgan fingerprint density at radius 2 is 1.95 bits per heavy atom. The van der Waals surface area contributed by atoms with E-state index in [0.29, 0.717) is 12.8 Å². The van der Waals surface area contributed by atoms with Gasteiger partial charge in [0.15, 0.2) is 0 Å². The highest BCUT2D eigenvalue weighted by molar-refractivity contribution is 6.33. The highest BCUT2D eigenvalue weighted by atomic mass is 35.5. The van der Waals surface area contributed by atoms with Gasteiger partial charge in [-0.15, -0.1) is 0 Å². The molecule has 7 heteroatoms. The molecule has 0 saturated carbocycles. The van der Waals surface area contributed by atoms with Crippen molar-refractivity contribution in [3.05, 3.63) is 29.0 Å². The predicted molar refractivity (Wildman–Crippen MR) is 79.0 cm³/mol. The molecule has 116 valence electrons. The minimum Gasteiger partial charge on any atom is -0.480 e. The van der Waals surface area contributed by atoms with E-state index in [2.05, 4.69) is 10.6 Å². The number of benzene rings is 1. The second-order valence-corrected chi connectivity index (χ2v) is 5.03. The largest absolute Gasteiger partial charge is 0.480 e. The molecule has 0 aliphatic carbocycles. The molecule has 0 heterocycles. The van der Waals surface area contributed by atoms with Crippen molar-refractivity contribution in [1.82, 2.24) is 5.32 Å². The van der Waals surface area contributed by atoms with Crippen molar-refractivity contribution in [3.8, 4) is 0 Å². The Hall–Kier alpha value is -1.66. The summed E-state index contributed by atoms with van der Waals surface area (Å²) in [4.78, 5) is 23.1. The molecule has 3 N–H and O–H groups in total. The summed E-state index contributed by atoms with van der Waals surface area (Å²) >= 11 is 5.80. The third-order valence-corrected chi connectivity index (χ3v) is 3.72. The number of rotatable bonds is 7. The molecule has 0 unspecified atom stereocenters. The molecule has 1 amide bonds. The van der Waals surface area contributed by atoms with E-state index in [1.165, 1.54) is 12.1 Å². The zero-order chi connectivity index (χ0) is 16.0. The minimum atomic E-state index is -1.13. The lowest BCUT2D eigenvalue weighted by Crippen LogP contribution is -2.53. The number of amides is 1. The summed E-state index contributed by atoms with van der Waals surface area (Å²) in [6, 6.07) is 3.61. The molecule has 1 rings (SSSR count). The van der Waals surface area contributed by atoms with Gasteiger partial charge >= 0.3 is 5.97 Å². The van der Waals surface area contributed by atoms with Gasteiger partial charge in [-0.25, -0.2) is 4.39 Å². The number of aliphatic carboxylic acids is 1. The summed E-state index contributed by atoms with van der Waals surface area (Å²) in [7, 11) is 0. The summed E-state index contributed by atoms with van der Waals surface area (Å²) in [5.41, 5.74) is -0.858. The maximum atomic E-state index is 12.9. The number of carbonyl (C=O) groups excluding carboxylic acids is 1. The van der Waals surface area contributed by atoms with Gasteiger partial charge in [0, 0.05) is 0 Å². The molecule has 21 heavy (non-hydrogen) atoms. The molecule has 0 fully saturated rings. The first-order valence-electron chi connectivity index (χ1n) is 6.58. The molecule has 0 aromatic heterocycles. The molecule has 5 nitrogen and oxygen atoms in total. The molecule has 0 bridgehead atoms. The van der Waals surface area contributed by atoms with E-state index in [0.717, 1.165) is 6.07 Å². The molecule has 0 radical (unpaired) electrons. The Balaban J connectivity index is 2.67. The lowest BCUT2D eigenvalue weighted by Gasteiger charge is -2.27. The minimum absolute atomic E-state index is 0.0823. The maximum absolute atomic E-state index is 12.9. The lowest BCUT2D eigenvalue weighted by molar-refractivity contribution is -0.145. The van der Waals surface area contributed by atoms with E-state index >= 15 is 0 Å². The third kappa shape index (κ3) is 4.41. The van der Waals surface area contributed by atoms with Gasteiger partial charge in [-0.05, 0) is 31.0 Å². The number of carboxylic acids is 1. The summed E-state index contributed by atoms with van der Waals surface area (Å²) in [5, 5.41) is 14.6. The van der Waals surface area contributed by atoms with E-state index in [-0.39, 0.29) is 17.3 Å². The molecule has 1 aromatic carbocycles. The zero-order valence-electron chi connectivity index (χ0n) is 11.9. The van der Waals surface area contributed by atoms with Crippen molar-refractivity contribution in [3.63, 3.8) is 0 Å². The van der Waals surface area contributed by atoms with Crippen molar-refractivity contribution in [1.29, 1.82) is 0 Å². The first kappa shape index (κ1) is 17.4. The highest BCUT2D eigenvalue weighted by Gasteiger charge is 2.34. The van der Waals surface area contributed by atoms with Gasteiger partial charge in [0.2, 0.25) is 5.91 Å². The molecular weight excluding hydrogens is 299 g/mol. The fourth-order valence-corrected chi connectivity index (χ4v) is 2.13. The van der Waals surface area contributed by atoms with E-state index in [9.17, 15) is 19.1 Å². The number of halogens is 2. The first-order chi connectivity index (χ1) is 9.84. The van der Waals surface area contributed by atoms with Crippen LogP contribution in [0.5, 0.6) is 0 Å². The van der Waals surface area contributed by atoms with Gasteiger partial charge < -0.3 is 10.4 Å². The molecule has 0 saturated heterocycles. The van der Waals surface area contributed by atoms with E-state index in [4.69, 9.17) is 11.6 Å². The number of carbonyl (C=O) groups is 2. The van der Waals surface area contributed by atoms with Crippen LogP contribution in [0.4, 0.5) is 10.1 Å². The van der Waals surface area contributed by atoms with Crippen LogP contribution in [0.2, 0.25) is 5.02 Å². The van der Waals surface area contributed by atoms with Crippen LogP contribution in [0.25, 0.3) is 0 Å². The standard InChI is InChI=1S/C14H18ClFN2O3/c1-3-14(4-2,13(20)21)17-8-12(19)18-11-6-5-9(16)7-10(11)15/h5-7,17H,3-4,8H2,1-2H3,(H,18,19)(H,20,21). The predicted octanol–water partition coefficient (Wildman–Crippen LogP) is 2.65. The van der Waals surface area contributed by atoms with Crippen LogP contribution in [0.15, 0.2) is 18.2 Å². The molecule has 1 aromatic rings. The molecular formula is C14H18ClFN2O3. The fraction of sp³-hybridized carbons (Fsp3) is 0.429. The van der Waals surface area contributed by atoms with Crippen LogP contribution in [0.3, 0.4) is 0 Å². The number of carboxylic acid groups (broad SMARTS) is 1. The number of hydrogen-bond acceptors (Lipinski definition) is 3. The highest BCUT2D eigenvalue weighted by Crippen LogP contribution is 2.22. The van der Waals surface area contributed by atoms with Crippen LogP contribution in [-0.2, 0) is 9.59 Å². The van der Waals surface area contributed by atoms with Crippen molar-refractivity contribution in [2.45, 2.75) is 32.2 Å². The van der Waals surface area contributed by atoms with Gasteiger partial charge in [0.25, 0.3) is 0 Å². The van der Waals surface area contributed by atoms with Crippen molar-refractivity contribution in [2.24, 2.45) is 0 Å². The second-order valence-electron chi connectivity index (χ2n) is 4.62. The average molecular weight is 317 g/mol. The number of hydrogen-bond donors (Lipinski definition) is 3. The summed E-state index contributed by atoms with van der Waals surface area (Å²) in [6.45, 7) is 3.29. The average Bonchev–Trinajstić information content (AvgIpc) is 2.43. The first-order valence-corrected chi connectivity index (χ1v) is 6.95. The Bertz CT molecular complexity index is 533. The molecule has 0 atom stereocenters. The van der Waals surface area contributed by atoms with Gasteiger partial charge in [-0.2, -0.15) is 0 Å². The molecule has 0 aliphatic heterocycles. The Labute approximate surface area is 127 Å². The van der Waals surface area contributed by atoms with Crippen LogP contribution in [0, 0.1) is 5.82 Å². The zero-order valence-corrected chi connectivity index (χ0v) is 12.6. The van der Waals surface area contributed by atoms with E-state index < -0.39 is 23.2 Å². The fourth-order valence-electron chi connectivity index (χ4n) is 1.91. The van der Waals surface area contributed by atoms with Crippen LogP contribution in [0.1, 0.15) is 26.7 Å². The second kappa shape index (κ2) is 7.38. The van der Waals surface area contributed by atoms with E-state index in [1.54, 1.807) is 13.8 Å². The van der Waals surface area contributed by atoms with Gasteiger partial charge in [-0.1, -0.05) is 25.4 Å².